The Kier molecular flexibility index (Phi) is 6.77. The molecule has 0 saturated carbocycles. The van der Waals surface area contributed by atoms with Gasteiger partial charge in [0.25, 0.3) is 0 Å². The molecule has 1 aliphatic rings. The second-order valence-electron chi connectivity index (χ2n) is 8.95. The Morgan fingerprint density at radius 3 is 2.41 bits per heavy atom. The number of methoxy groups -OCH3 is 1. The molecular weight excluding hydrogens is 364 g/mol. The van der Waals surface area contributed by atoms with Crippen molar-refractivity contribution in [2.45, 2.75) is 82.8 Å². The molecule has 0 aromatic carbocycles. The van der Waals surface area contributed by atoms with Gasteiger partial charge in [-0.3, -0.25) is 4.90 Å². The summed E-state index contributed by atoms with van der Waals surface area (Å²) in [6.07, 6.45) is 3.78. The number of hydrogen-bond acceptors (Lipinski definition) is 6. The second kappa shape index (κ2) is 8.19. The first kappa shape index (κ1) is 22.3. The number of nitrogens with zero attached hydrogens (tertiary/aromatic N) is 3. The number of sulfone groups is 1. The van der Waals surface area contributed by atoms with Gasteiger partial charge in [0.05, 0.1) is 24.3 Å². The maximum absolute atomic E-state index is 12.4. The van der Waals surface area contributed by atoms with E-state index >= 15 is 0 Å². The Labute approximate surface area is 164 Å². The van der Waals surface area contributed by atoms with E-state index in [1.807, 2.05) is 0 Å². The highest BCUT2D eigenvalue weighted by molar-refractivity contribution is 7.91. The van der Waals surface area contributed by atoms with Crippen LogP contribution in [0.4, 0.5) is 0 Å². The smallest absolute Gasteiger partial charge is 0.227 e. The number of nitrogens with one attached hydrogen (secondary N) is 1. The molecule has 0 atom stereocenters. The van der Waals surface area contributed by atoms with E-state index in [-0.39, 0.29) is 22.0 Å². The molecule has 1 aromatic rings. The summed E-state index contributed by atoms with van der Waals surface area (Å²) in [5.74, 6) is 0.0446. The van der Waals surface area contributed by atoms with Crippen molar-refractivity contribution in [1.29, 1.82) is 0 Å². The highest BCUT2D eigenvalue weighted by atomic mass is 32.2. The highest BCUT2D eigenvalue weighted by Gasteiger charge is 2.39. The zero-order chi connectivity index (χ0) is 20.5. The van der Waals surface area contributed by atoms with Crippen LogP contribution in [0.25, 0.3) is 0 Å². The lowest BCUT2D eigenvalue weighted by molar-refractivity contribution is 0.0759. The average Bonchev–Trinajstić information content (AvgIpc) is 2.93. The molecule has 1 saturated heterocycles. The third-order valence-electron chi connectivity index (χ3n) is 5.28. The molecule has 0 radical (unpaired) electrons. The molecule has 1 aliphatic heterocycles. The number of hydrogen-bond donors (Lipinski definition) is 1. The van der Waals surface area contributed by atoms with E-state index in [4.69, 9.17) is 4.74 Å². The van der Waals surface area contributed by atoms with E-state index < -0.39 is 9.84 Å². The third kappa shape index (κ3) is 5.53. The molecule has 0 aliphatic carbocycles. The van der Waals surface area contributed by atoms with Crippen molar-refractivity contribution >= 4 is 9.84 Å². The zero-order valence-electron chi connectivity index (χ0n) is 17.9. The average molecular weight is 401 g/mol. The van der Waals surface area contributed by atoms with Crippen molar-refractivity contribution in [2.75, 3.05) is 26.5 Å². The van der Waals surface area contributed by atoms with Crippen molar-refractivity contribution in [3.63, 3.8) is 0 Å². The van der Waals surface area contributed by atoms with Crippen LogP contribution in [0.3, 0.4) is 0 Å². The monoisotopic (exact) mass is 400 g/mol. The van der Waals surface area contributed by atoms with Crippen LogP contribution in [-0.2, 0) is 27.7 Å². The summed E-state index contributed by atoms with van der Waals surface area (Å²) in [5, 5.41) is 3.86. The summed E-state index contributed by atoms with van der Waals surface area (Å²) in [4.78, 5) is 6.57. The summed E-state index contributed by atoms with van der Waals surface area (Å²) >= 11 is 0. The fraction of sp³-hybridized carbons (Fsp3) is 0.842. The van der Waals surface area contributed by atoms with E-state index in [1.54, 1.807) is 24.8 Å². The van der Waals surface area contributed by atoms with Crippen LogP contribution in [0.2, 0.25) is 0 Å². The molecule has 2 heterocycles. The van der Waals surface area contributed by atoms with Crippen LogP contribution < -0.4 is 5.32 Å². The van der Waals surface area contributed by atoms with Gasteiger partial charge in [0.1, 0.15) is 0 Å². The Morgan fingerprint density at radius 2 is 1.89 bits per heavy atom. The SMILES string of the molecule is CCS(=O)(=O)c1ncc(CN(C)C2CC(C)(C)NC(C)(C)C2)n1CCOC. The van der Waals surface area contributed by atoms with Crippen molar-refractivity contribution < 1.29 is 13.2 Å². The summed E-state index contributed by atoms with van der Waals surface area (Å²) in [7, 11) is 0.367. The molecule has 156 valence electrons. The van der Waals surface area contributed by atoms with Crippen LogP contribution in [-0.4, -0.2) is 66.5 Å². The molecule has 1 N–H and O–H groups in total. The van der Waals surface area contributed by atoms with Crippen LogP contribution in [0.1, 0.15) is 53.2 Å². The van der Waals surface area contributed by atoms with Crippen LogP contribution >= 0.6 is 0 Å². The van der Waals surface area contributed by atoms with Crippen LogP contribution in [0.5, 0.6) is 0 Å². The molecule has 0 unspecified atom stereocenters. The molecule has 7 nitrogen and oxygen atoms in total. The van der Waals surface area contributed by atoms with Gasteiger partial charge in [-0.2, -0.15) is 0 Å². The Balaban J connectivity index is 2.25. The minimum atomic E-state index is -3.37. The van der Waals surface area contributed by atoms with Gasteiger partial charge >= 0.3 is 0 Å². The van der Waals surface area contributed by atoms with E-state index in [0.717, 1.165) is 18.5 Å². The Morgan fingerprint density at radius 1 is 1.30 bits per heavy atom. The van der Waals surface area contributed by atoms with Gasteiger partial charge in [-0.05, 0) is 47.6 Å². The first-order valence-electron chi connectivity index (χ1n) is 9.66. The molecule has 1 aromatic heterocycles. The molecule has 1 fully saturated rings. The number of aromatic nitrogens is 2. The minimum absolute atomic E-state index is 0.0446. The number of rotatable bonds is 8. The van der Waals surface area contributed by atoms with Gasteiger partial charge < -0.3 is 14.6 Å². The normalized spacial score (nSPS) is 20.3. The molecule has 2 rings (SSSR count). The quantitative estimate of drug-likeness (QED) is 0.720. The lowest BCUT2D eigenvalue weighted by Gasteiger charge is -2.49. The lowest BCUT2D eigenvalue weighted by atomic mass is 9.79. The number of imidazole rings is 1. The van der Waals surface area contributed by atoms with Crippen molar-refractivity contribution in [1.82, 2.24) is 19.8 Å². The zero-order valence-corrected chi connectivity index (χ0v) is 18.7. The number of piperidine rings is 1. The van der Waals surface area contributed by atoms with E-state index in [0.29, 0.717) is 25.7 Å². The van der Waals surface area contributed by atoms with Gasteiger partial charge in [0.2, 0.25) is 15.0 Å². The highest BCUT2D eigenvalue weighted by Crippen LogP contribution is 2.31. The first-order chi connectivity index (χ1) is 12.4. The van der Waals surface area contributed by atoms with E-state index in [2.05, 4.69) is 49.9 Å². The van der Waals surface area contributed by atoms with Crippen molar-refractivity contribution in [3.05, 3.63) is 11.9 Å². The van der Waals surface area contributed by atoms with Crippen LogP contribution in [0.15, 0.2) is 11.4 Å². The molecule has 0 bridgehead atoms. The predicted molar refractivity (Wildman–Crippen MR) is 108 cm³/mol. The van der Waals surface area contributed by atoms with Crippen molar-refractivity contribution in [2.24, 2.45) is 0 Å². The van der Waals surface area contributed by atoms with Crippen LogP contribution in [0, 0.1) is 0 Å². The summed E-state index contributed by atoms with van der Waals surface area (Å²) < 4.78 is 31.8. The van der Waals surface area contributed by atoms with E-state index in [9.17, 15) is 8.42 Å². The van der Waals surface area contributed by atoms with Gasteiger partial charge in [0, 0.05) is 37.3 Å². The minimum Gasteiger partial charge on any atom is -0.383 e. The summed E-state index contributed by atoms with van der Waals surface area (Å²) in [6, 6.07) is 0.410. The number of ether oxygens (including phenoxy) is 1. The molecule has 8 heteroatoms. The largest absolute Gasteiger partial charge is 0.383 e. The molecular formula is C19H36N4O3S. The maximum atomic E-state index is 12.4. The van der Waals surface area contributed by atoms with Gasteiger partial charge in [-0.25, -0.2) is 13.4 Å². The van der Waals surface area contributed by atoms with Gasteiger partial charge in [-0.1, -0.05) is 6.92 Å². The van der Waals surface area contributed by atoms with Crippen molar-refractivity contribution in [3.8, 4) is 0 Å². The standard InChI is InChI=1S/C19H36N4O3S/c1-8-27(24,25)17-20-13-16(23(17)9-10-26-7)14-22(6)15-11-18(2,3)21-19(4,5)12-15/h13,15,21H,8-12,14H2,1-7H3. The van der Waals surface area contributed by atoms with Gasteiger partial charge in [0.15, 0.2) is 0 Å². The molecule has 27 heavy (non-hydrogen) atoms. The van der Waals surface area contributed by atoms with Gasteiger partial charge in [-0.15, -0.1) is 0 Å². The predicted octanol–water partition coefficient (Wildman–Crippen LogP) is 2.06. The fourth-order valence-electron chi connectivity index (χ4n) is 4.28. The first-order valence-corrected chi connectivity index (χ1v) is 11.3. The van der Waals surface area contributed by atoms with E-state index in [1.165, 1.54) is 0 Å². The third-order valence-corrected chi connectivity index (χ3v) is 6.92. The molecule has 0 spiro atoms. The second-order valence-corrected chi connectivity index (χ2v) is 11.1. The topological polar surface area (TPSA) is 76.5 Å². The summed E-state index contributed by atoms with van der Waals surface area (Å²) in [5.41, 5.74) is 1.04. The fourth-order valence-corrected chi connectivity index (χ4v) is 5.30. The Bertz CT molecular complexity index is 724. The Hall–Kier alpha value is -0.960. The summed E-state index contributed by atoms with van der Waals surface area (Å²) in [6.45, 7) is 12.2. The molecule has 0 amide bonds. The maximum Gasteiger partial charge on any atom is 0.227 e. The lowest BCUT2D eigenvalue weighted by Crippen LogP contribution is -2.61.